The summed E-state index contributed by atoms with van der Waals surface area (Å²) in [7, 11) is 2.17. The van der Waals surface area contributed by atoms with Gasteiger partial charge in [-0.1, -0.05) is 6.58 Å². The maximum absolute atomic E-state index is 12.0. The van der Waals surface area contributed by atoms with Gasteiger partial charge in [0.2, 0.25) is 11.9 Å². The molecule has 2 aromatic heterocycles. The third-order valence-corrected chi connectivity index (χ3v) is 6.98. The highest BCUT2D eigenvalue weighted by Crippen LogP contribution is 2.28. The Hall–Kier alpha value is -3.66. The molecule has 0 spiro atoms. The van der Waals surface area contributed by atoms with Crippen LogP contribution >= 0.6 is 0 Å². The van der Waals surface area contributed by atoms with E-state index in [4.69, 9.17) is 9.97 Å². The number of nitrogens with one attached hydrogen (secondary N) is 2. The highest BCUT2D eigenvalue weighted by atomic mass is 16.2. The Morgan fingerprint density at radius 1 is 1.11 bits per heavy atom. The molecule has 0 saturated carbocycles. The molecule has 36 heavy (non-hydrogen) atoms. The monoisotopic (exact) mass is 489 g/mol. The van der Waals surface area contributed by atoms with Crippen LogP contribution in [0.5, 0.6) is 0 Å². The van der Waals surface area contributed by atoms with Gasteiger partial charge in [0.05, 0.1) is 6.33 Å². The molecule has 1 unspecified atom stereocenters. The van der Waals surface area contributed by atoms with Crippen molar-refractivity contribution in [2.24, 2.45) is 0 Å². The highest BCUT2D eigenvalue weighted by molar-refractivity contribution is 5.88. The van der Waals surface area contributed by atoms with E-state index in [0.29, 0.717) is 24.9 Å². The number of imidazole rings is 1. The van der Waals surface area contributed by atoms with Crippen LogP contribution in [-0.2, 0) is 4.79 Å². The summed E-state index contributed by atoms with van der Waals surface area (Å²) in [4.78, 5) is 32.8. The fourth-order valence-corrected chi connectivity index (χ4v) is 4.79. The van der Waals surface area contributed by atoms with Gasteiger partial charge < -0.3 is 29.9 Å². The number of nitrogens with zero attached hydrogens (tertiary/aromatic N) is 7. The number of rotatable bonds is 7. The molecule has 2 saturated heterocycles. The van der Waals surface area contributed by atoms with Crippen molar-refractivity contribution in [3.8, 4) is 0 Å². The summed E-state index contributed by atoms with van der Waals surface area (Å²) in [6, 6.07) is 8.77. The van der Waals surface area contributed by atoms with E-state index in [2.05, 4.69) is 77.2 Å². The number of amides is 1. The Morgan fingerprint density at radius 3 is 2.56 bits per heavy atom. The second kappa shape index (κ2) is 10.1. The molecule has 0 aliphatic carbocycles. The van der Waals surface area contributed by atoms with E-state index in [1.54, 1.807) is 4.90 Å². The molecule has 2 fully saturated rings. The molecule has 10 heteroatoms. The van der Waals surface area contributed by atoms with E-state index in [1.807, 2.05) is 10.9 Å². The third kappa shape index (κ3) is 4.99. The number of carbonyl (C=O) groups excluding carboxylic acids is 1. The molecule has 1 amide bonds. The molecule has 2 aliphatic heterocycles. The van der Waals surface area contributed by atoms with Crippen molar-refractivity contribution in [3.63, 3.8) is 0 Å². The maximum atomic E-state index is 12.0. The first kappa shape index (κ1) is 24.1. The van der Waals surface area contributed by atoms with Crippen LogP contribution in [0.2, 0.25) is 0 Å². The van der Waals surface area contributed by atoms with Crippen LogP contribution in [0, 0.1) is 0 Å². The van der Waals surface area contributed by atoms with Crippen molar-refractivity contribution in [1.29, 1.82) is 0 Å². The first-order valence-electron chi connectivity index (χ1n) is 12.6. The largest absolute Gasteiger partial charge is 0.369 e. The number of anilines is 4. The van der Waals surface area contributed by atoms with Crippen LogP contribution in [0.25, 0.3) is 11.2 Å². The molecule has 0 bridgehead atoms. The minimum Gasteiger partial charge on any atom is -0.369 e. The molecule has 4 heterocycles. The van der Waals surface area contributed by atoms with E-state index >= 15 is 0 Å². The lowest BCUT2D eigenvalue weighted by atomic mass is 10.2. The molecule has 1 aromatic carbocycles. The molecule has 5 rings (SSSR count). The zero-order valence-electron chi connectivity index (χ0n) is 21.3. The number of likely N-dealkylation sites (tertiary alicyclic amines) is 1. The second-order valence-corrected chi connectivity index (χ2v) is 9.89. The van der Waals surface area contributed by atoms with Crippen LogP contribution in [0.4, 0.5) is 23.1 Å². The van der Waals surface area contributed by atoms with Crippen LogP contribution in [0.3, 0.4) is 0 Å². The van der Waals surface area contributed by atoms with Crippen molar-refractivity contribution < 1.29 is 4.79 Å². The Balaban J connectivity index is 1.38. The molecule has 2 N–H and O–H groups in total. The SMILES string of the molecule is C=CC(=O)N1CCC(Nc2nc(Nc3ccc(N4CCN(C)CC4)cc3)c3ncn(C(C)C)c3n2)C1. The number of carbonyl (C=O) groups is 1. The Morgan fingerprint density at radius 2 is 1.86 bits per heavy atom. The van der Waals surface area contributed by atoms with E-state index in [1.165, 1.54) is 11.8 Å². The molecule has 1 atom stereocenters. The summed E-state index contributed by atoms with van der Waals surface area (Å²) in [6.45, 7) is 13.3. The molecular weight excluding hydrogens is 454 g/mol. The molecule has 10 nitrogen and oxygen atoms in total. The molecule has 0 radical (unpaired) electrons. The quantitative estimate of drug-likeness (QED) is 0.489. The normalized spacial score (nSPS) is 18.7. The number of hydrogen-bond acceptors (Lipinski definition) is 8. The van der Waals surface area contributed by atoms with E-state index < -0.39 is 0 Å². The number of benzene rings is 1. The zero-order chi connectivity index (χ0) is 25.2. The second-order valence-electron chi connectivity index (χ2n) is 9.89. The molecular formula is C26H35N9O. The minimum absolute atomic E-state index is 0.0454. The fraction of sp³-hybridized carbons (Fsp3) is 0.462. The van der Waals surface area contributed by atoms with Crippen molar-refractivity contribution >= 4 is 40.2 Å². The van der Waals surface area contributed by atoms with Gasteiger partial charge in [-0.25, -0.2) is 4.98 Å². The molecule has 2 aliphatic rings. The van der Waals surface area contributed by atoms with Gasteiger partial charge in [0.25, 0.3) is 0 Å². The van der Waals surface area contributed by atoms with Gasteiger partial charge in [0.1, 0.15) is 0 Å². The number of fused-ring (bicyclic) bond motifs is 1. The van der Waals surface area contributed by atoms with Gasteiger partial charge in [-0.05, 0) is 57.7 Å². The average Bonchev–Trinajstić information content (AvgIpc) is 3.52. The first-order chi connectivity index (χ1) is 17.4. The Labute approximate surface area is 212 Å². The fourth-order valence-electron chi connectivity index (χ4n) is 4.79. The first-order valence-corrected chi connectivity index (χ1v) is 12.6. The van der Waals surface area contributed by atoms with Crippen LogP contribution in [0.1, 0.15) is 26.3 Å². The number of likely N-dealkylation sites (N-methyl/N-ethyl adjacent to an activating group) is 1. The average molecular weight is 490 g/mol. The van der Waals surface area contributed by atoms with Gasteiger partial charge in [-0.2, -0.15) is 9.97 Å². The number of piperazine rings is 1. The Kier molecular flexibility index (Phi) is 6.77. The van der Waals surface area contributed by atoms with Gasteiger partial charge in [0.15, 0.2) is 17.0 Å². The lowest BCUT2D eigenvalue weighted by Gasteiger charge is -2.34. The standard InChI is InChI=1S/C26H35N9O/c1-5-22(36)34-11-10-20(16-34)29-26-30-24(23-25(31-26)35(17-27-23)18(2)3)28-19-6-8-21(9-7-19)33-14-12-32(4)13-15-33/h5-9,17-18,20H,1,10-16H2,2-4H3,(H2,28,29,30,31). The molecule has 3 aromatic rings. The summed E-state index contributed by atoms with van der Waals surface area (Å²) < 4.78 is 2.05. The lowest BCUT2D eigenvalue weighted by molar-refractivity contribution is -0.125. The third-order valence-electron chi connectivity index (χ3n) is 6.98. The topological polar surface area (TPSA) is 94.5 Å². The Bertz CT molecular complexity index is 1230. The molecule has 190 valence electrons. The van der Waals surface area contributed by atoms with E-state index in [0.717, 1.165) is 49.5 Å². The summed E-state index contributed by atoms with van der Waals surface area (Å²) in [5.41, 5.74) is 3.68. The summed E-state index contributed by atoms with van der Waals surface area (Å²) in [5.74, 6) is 1.14. The summed E-state index contributed by atoms with van der Waals surface area (Å²) in [5, 5.41) is 6.90. The predicted octanol–water partition coefficient (Wildman–Crippen LogP) is 3.10. The van der Waals surface area contributed by atoms with Crippen LogP contribution < -0.4 is 15.5 Å². The number of hydrogen-bond donors (Lipinski definition) is 2. The van der Waals surface area contributed by atoms with Gasteiger partial charge in [-0.15, -0.1) is 0 Å². The van der Waals surface area contributed by atoms with Crippen molar-refractivity contribution in [3.05, 3.63) is 43.2 Å². The van der Waals surface area contributed by atoms with Crippen LogP contribution in [-0.4, -0.2) is 87.6 Å². The minimum atomic E-state index is -0.0454. The lowest BCUT2D eigenvalue weighted by Crippen LogP contribution is -2.44. The van der Waals surface area contributed by atoms with E-state index in [9.17, 15) is 4.79 Å². The van der Waals surface area contributed by atoms with Gasteiger partial charge in [0, 0.05) is 62.7 Å². The van der Waals surface area contributed by atoms with Crippen LogP contribution in [0.15, 0.2) is 43.2 Å². The van der Waals surface area contributed by atoms with Crippen molar-refractivity contribution in [2.45, 2.75) is 32.4 Å². The highest BCUT2D eigenvalue weighted by Gasteiger charge is 2.26. The van der Waals surface area contributed by atoms with Crippen molar-refractivity contribution in [2.75, 3.05) is 61.8 Å². The smallest absolute Gasteiger partial charge is 0.246 e. The van der Waals surface area contributed by atoms with Gasteiger partial charge >= 0.3 is 0 Å². The van der Waals surface area contributed by atoms with Crippen molar-refractivity contribution in [1.82, 2.24) is 29.3 Å². The zero-order valence-corrected chi connectivity index (χ0v) is 21.3. The summed E-state index contributed by atoms with van der Waals surface area (Å²) in [6.07, 6.45) is 4.01. The predicted molar refractivity (Wildman–Crippen MR) is 144 cm³/mol. The van der Waals surface area contributed by atoms with E-state index in [-0.39, 0.29) is 18.0 Å². The van der Waals surface area contributed by atoms with Gasteiger partial charge in [-0.3, -0.25) is 4.79 Å². The number of aromatic nitrogens is 4. The summed E-state index contributed by atoms with van der Waals surface area (Å²) >= 11 is 0. The maximum Gasteiger partial charge on any atom is 0.246 e.